The molecule has 1 aromatic heterocycles. The van der Waals surface area contributed by atoms with Crippen molar-refractivity contribution in [3.8, 4) is 0 Å². The number of para-hydroxylation sites is 1. The van der Waals surface area contributed by atoms with Gasteiger partial charge in [0.15, 0.2) is 0 Å². The van der Waals surface area contributed by atoms with E-state index in [1.807, 2.05) is 53.4 Å². The van der Waals surface area contributed by atoms with Crippen LogP contribution in [0.15, 0.2) is 66.9 Å². The van der Waals surface area contributed by atoms with Gasteiger partial charge in [-0.15, -0.1) is 0 Å². The highest BCUT2D eigenvalue weighted by Gasteiger charge is 2.31. The van der Waals surface area contributed by atoms with Gasteiger partial charge in [0.25, 0.3) is 5.91 Å². The van der Waals surface area contributed by atoms with Crippen molar-refractivity contribution >= 4 is 17.4 Å². The molecule has 5 nitrogen and oxygen atoms in total. The number of pyridine rings is 1. The minimum atomic E-state index is -0.485. The van der Waals surface area contributed by atoms with Crippen LogP contribution in [0.25, 0.3) is 0 Å². The SMILES string of the molecule is O=C(c1ccc(N[C@H]2c3ccccc3C[C@H]2O)nc1)N1CCc2ccccc21. The van der Waals surface area contributed by atoms with E-state index in [9.17, 15) is 9.90 Å². The first-order valence-corrected chi connectivity index (χ1v) is 9.59. The fraction of sp³-hybridized carbons (Fsp3) is 0.217. The maximum atomic E-state index is 12.9. The van der Waals surface area contributed by atoms with Crippen molar-refractivity contribution in [3.05, 3.63) is 89.1 Å². The predicted octanol–water partition coefficient (Wildman–Crippen LogP) is 3.35. The molecule has 0 fully saturated rings. The van der Waals surface area contributed by atoms with Crippen LogP contribution < -0.4 is 10.2 Å². The number of carbonyl (C=O) groups excluding carboxylic acids is 1. The van der Waals surface area contributed by atoms with Gasteiger partial charge >= 0.3 is 0 Å². The molecule has 0 saturated carbocycles. The van der Waals surface area contributed by atoms with E-state index < -0.39 is 6.10 Å². The van der Waals surface area contributed by atoms with E-state index in [1.165, 1.54) is 5.56 Å². The van der Waals surface area contributed by atoms with E-state index in [0.717, 1.165) is 23.2 Å². The number of hydrogen-bond donors (Lipinski definition) is 2. The Bertz CT molecular complexity index is 1030. The molecular weight excluding hydrogens is 350 g/mol. The molecule has 2 atom stereocenters. The van der Waals surface area contributed by atoms with Crippen molar-refractivity contribution in [3.63, 3.8) is 0 Å². The first kappa shape index (κ1) is 17.0. The number of benzene rings is 2. The number of nitrogens with one attached hydrogen (secondary N) is 1. The number of rotatable bonds is 3. The maximum absolute atomic E-state index is 12.9. The Morgan fingerprint density at radius 1 is 1.04 bits per heavy atom. The summed E-state index contributed by atoms with van der Waals surface area (Å²) in [5.41, 5.74) is 5.02. The summed E-state index contributed by atoms with van der Waals surface area (Å²) >= 11 is 0. The average molecular weight is 371 g/mol. The third-order valence-electron chi connectivity index (χ3n) is 5.65. The first-order chi connectivity index (χ1) is 13.7. The fourth-order valence-electron chi connectivity index (χ4n) is 4.22. The average Bonchev–Trinajstić information content (AvgIpc) is 3.29. The van der Waals surface area contributed by atoms with E-state index >= 15 is 0 Å². The summed E-state index contributed by atoms with van der Waals surface area (Å²) in [6, 6.07) is 19.5. The smallest absolute Gasteiger partial charge is 0.259 e. The van der Waals surface area contributed by atoms with Crippen LogP contribution in [0.4, 0.5) is 11.5 Å². The van der Waals surface area contributed by atoms with Crippen LogP contribution in [0, 0.1) is 0 Å². The maximum Gasteiger partial charge on any atom is 0.259 e. The van der Waals surface area contributed by atoms with Gasteiger partial charge in [0, 0.05) is 24.8 Å². The molecule has 1 aliphatic heterocycles. The number of fused-ring (bicyclic) bond motifs is 2. The van der Waals surface area contributed by atoms with Crippen molar-refractivity contribution in [2.24, 2.45) is 0 Å². The predicted molar refractivity (Wildman–Crippen MR) is 109 cm³/mol. The third kappa shape index (κ3) is 2.84. The topological polar surface area (TPSA) is 65.5 Å². The first-order valence-electron chi connectivity index (χ1n) is 9.59. The van der Waals surface area contributed by atoms with Gasteiger partial charge in [-0.3, -0.25) is 4.79 Å². The van der Waals surface area contributed by atoms with Crippen LogP contribution in [0.5, 0.6) is 0 Å². The van der Waals surface area contributed by atoms with Gasteiger partial charge in [0.1, 0.15) is 5.82 Å². The fourth-order valence-corrected chi connectivity index (χ4v) is 4.22. The van der Waals surface area contributed by atoms with Crippen molar-refractivity contribution in [1.82, 2.24) is 4.98 Å². The highest BCUT2D eigenvalue weighted by Crippen LogP contribution is 2.34. The molecule has 2 N–H and O–H groups in total. The molecule has 1 aliphatic carbocycles. The minimum Gasteiger partial charge on any atom is -0.390 e. The zero-order valence-corrected chi connectivity index (χ0v) is 15.4. The lowest BCUT2D eigenvalue weighted by Crippen LogP contribution is -2.29. The van der Waals surface area contributed by atoms with Crippen molar-refractivity contribution in [2.45, 2.75) is 25.0 Å². The second-order valence-electron chi connectivity index (χ2n) is 7.36. The summed E-state index contributed by atoms with van der Waals surface area (Å²) in [7, 11) is 0. The standard InChI is InChI=1S/C23H21N3O2/c27-20-13-16-6-1-3-7-18(16)22(20)25-21-10-9-17(14-24-21)23(28)26-12-11-15-5-2-4-8-19(15)26/h1-10,14,20,22,27H,11-13H2,(H,24,25)/t20-,22+/m1/s1. The van der Waals surface area contributed by atoms with Gasteiger partial charge in [-0.25, -0.2) is 4.98 Å². The molecule has 2 heterocycles. The molecule has 0 radical (unpaired) electrons. The number of anilines is 2. The van der Waals surface area contributed by atoms with E-state index in [4.69, 9.17) is 0 Å². The molecule has 5 rings (SSSR count). The Morgan fingerprint density at radius 3 is 2.64 bits per heavy atom. The normalized spacial score (nSPS) is 20.0. The summed E-state index contributed by atoms with van der Waals surface area (Å²) in [5, 5.41) is 13.7. The van der Waals surface area contributed by atoms with Crippen LogP contribution >= 0.6 is 0 Å². The Labute approximate surface area is 163 Å². The van der Waals surface area contributed by atoms with Crippen molar-refractivity contribution in [2.75, 3.05) is 16.8 Å². The molecular formula is C23H21N3O2. The Hall–Kier alpha value is -3.18. The van der Waals surface area contributed by atoms with Crippen LogP contribution in [0.1, 0.15) is 33.1 Å². The number of aliphatic hydroxyl groups excluding tert-OH is 1. The van der Waals surface area contributed by atoms with Crippen molar-refractivity contribution in [1.29, 1.82) is 0 Å². The Morgan fingerprint density at radius 2 is 1.82 bits per heavy atom. The molecule has 140 valence electrons. The molecule has 0 unspecified atom stereocenters. The van der Waals surface area contributed by atoms with Crippen LogP contribution in [0.3, 0.4) is 0 Å². The van der Waals surface area contributed by atoms with E-state index in [-0.39, 0.29) is 11.9 Å². The summed E-state index contributed by atoms with van der Waals surface area (Å²) in [6.07, 6.45) is 2.65. The number of aliphatic hydroxyl groups is 1. The molecule has 5 heteroatoms. The van der Waals surface area contributed by atoms with Gasteiger partial charge in [0.2, 0.25) is 0 Å². The van der Waals surface area contributed by atoms with Crippen LogP contribution in [0.2, 0.25) is 0 Å². The van der Waals surface area contributed by atoms with Crippen LogP contribution in [-0.2, 0) is 12.8 Å². The molecule has 0 spiro atoms. The number of aromatic nitrogens is 1. The Balaban J connectivity index is 1.34. The monoisotopic (exact) mass is 371 g/mol. The van der Waals surface area contributed by atoms with E-state index in [2.05, 4.69) is 16.4 Å². The lowest BCUT2D eigenvalue weighted by Gasteiger charge is -2.19. The molecule has 0 saturated heterocycles. The molecule has 1 amide bonds. The van der Waals surface area contributed by atoms with Gasteiger partial charge in [-0.05, 0) is 41.3 Å². The lowest BCUT2D eigenvalue weighted by atomic mass is 10.1. The number of carbonyl (C=O) groups is 1. The van der Waals surface area contributed by atoms with Crippen LogP contribution in [-0.4, -0.2) is 28.6 Å². The summed E-state index contributed by atoms with van der Waals surface area (Å²) in [6.45, 7) is 0.698. The zero-order chi connectivity index (χ0) is 19.1. The molecule has 2 aliphatic rings. The third-order valence-corrected chi connectivity index (χ3v) is 5.65. The highest BCUT2D eigenvalue weighted by molar-refractivity contribution is 6.07. The van der Waals surface area contributed by atoms with E-state index in [0.29, 0.717) is 24.3 Å². The second kappa shape index (κ2) is 6.77. The summed E-state index contributed by atoms with van der Waals surface area (Å²) < 4.78 is 0. The molecule has 2 aromatic carbocycles. The lowest BCUT2D eigenvalue weighted by molar-refractivity contribution is 0.0989. The molecule has 28 heavy (non-hydrogen) atoms. The minimum absolute atomic E-state index is 0.0322. The quantitative estimate of drug-likeness (QED) is 0.741. The summed E-state index contributed by atoms with van der Waals surface area (Å²) in [5.74, 6) is 0.620. The number of amides is 1. The Kier molecular flexibility index (Phi) is 4.10. The van der Waals surface area contributed by atoms with Gasteiger partial charge in [-0.1, -0.05) is 42.5 Å². The number of hydrogen-bond acceptors (Lipinski definition) is 4. The largest absolute Gasteiger partial charge is 0.390 e. The van der Waals surface area contributed by atoms with Gasteiger partial charge in [0.05, 0.1) is 17.7 Å². The van der Waals surface area contributed by atoms with Crippen molar-refractivity contribution < 1.29 is 9.90 Å². The number of nitrogens with zero attached hydrogens (tertiary/aromatic N) is 2. The zero-order valence-electron chi connectivity index (χ0n) is 15.4. The molecule has 0 bridgehead atoms. The highest BCUT2D eigenvalue weighted by atomic mass is 16.3. The van der Waals surface area contributed by atoms with Gasteiger partial charge in [-0.2, -0.15) is 0 Å². The van der Waals surface area contributed by atoms with Gasteiger partial charge < -0.3 is 15.3 Å². The molecule has 3 aromatic rings. The second-order valence-corrected chi connectivity index (χ2v) is 7.36. The summed E-state index contributed by atoms with van der Waals surface area (Å²) in [4.78, 5) is 19.2. The van der Waals surface area contributed by atoms with E-state index in [1.54, 1.807) is 12.3 Å².